The number of nitrogens with zero attached hydrogens (tertiary/aromatic N) is 3. The molecule has 2 N–H and O–H groups in total. The van der Waals surface area contributed by atoms with Gasteiger partial charge in [0.1, 0.15) is 0 Å². The Bertz CT molecular complexity index is 370. The molecule has 18 heavy (non-hydrogen) atoms. The Labute approximate surface area is 110 Å². The number of likely N-dealkylation sites (tertiary alicyclic amines) is 1. The molecule has 0 saturated carbocycles. The van der Waals surface area contributed by atoms with Crippen LogP contribution in [0.15, 0.2) is 18.3 Å². The molecule has 4 heteroatoms. The average Bonchev–Trinajstić information content (AvgIpc) is 2.34. The fourth-order valence-corrected chi connectivity index (χ4v) is 2.64. The third kappa shape index (κ3) is 3.68. The highest BCUT2D eigenvalue weighted by Gasteiger charge is 2.20. The van der Waals surface area contributed by atoms with Gasteiger partial charge in [0.25, 0.3) is 0 Å². The Balaban J connectivity index is 1.82. The van der Waals surface area contributed by atoms with Crippen LogP contribution in [-0.2, 0) is 6.54 Å². The summed E-state index contributed by atoms with van der Waals surface area (Å²) in [4.78, 5) is 9.12. The van der Waals surface area contributed by atoms with E-state index < -0.39 is 0 Å². The molecule has 0 radical (unpaired) electrons. The summed E-state index contributed by atoms with van der Waals surface area (Å²) in [7, 11) is 4.31. The highest BCUT2D eigenvalue weighted by Crippen LogP contribution is 2.20. The van der Waals surface area contributed by atoms with E-state index in [1.807, 2.05) is 18.3 Å². The molecular formula is C14H24N4. The lowest BCUT2D eigenvalue weighted by atomic mass is 9.96. The number of piperidine rings is 1. The van der Waals surface area contributed by atoms with Crippen molar-refractivity contribution in [1.82, 2.24) is 14.8 Å². The minimum Gasteiger partial charge on any atom is -0.397 e. The first-order valence-corrected chi connectivity index (χ1v) is 6.71. The molecule has 4 nitrogen and oxygen atoms in total. The summed E-state index contributed by atoms with van der Waals surface area (Å²) in [5, 5.41) is 0. The summed E-state index contributed by atoms with van der Waals surface area (Å²) in [6.45, 7) is 4.42. The van der Waals surface area contributed by atoms with E-state index in [1.54, 1.807) is 0 Å². The van der Waals surface area contributed by atoms with Gasteiger partial charge in [-0.3, -0.25) is 9.88 Å². The van der Waals surface area contributed by atoms with E-state index in [0.29, 0.717) is 0 Å². The summed E-state index contributed by atoms with van der Waals surface area (Å²) in [5.74, 6) is 0.845. The molecule has 1 fully saturated rings. The largest absolute Gasteiger partial charge is 0.397 e. The molecule has 100 valence electrons. The number of hydrogen-bond donors (Lipinski definition) is 1. The molecule has 1 aromatic rings. The Hall–Kier alpha value is -1.13. The zero-order chi connectivity index (χ0) is 13.0. The molecule has 1 aliphatic heterocycles. The Morgan fingerprint density at radius 2 is 2.11 bits per heavy atom. The predicted octanol–water partition coefficient (Wildman–Crippen LogP) is 1.44. The van der Waals surface area contributed by atoms with Gasteiger partial charge in [0.05, 0.1) is 11.4 Å². The van der Waals surface area contributed by atoms with Crippen LogP contribution in [0.25, 0.3) is 0 Å². The second-order valence-corrected chi connectivity index (χ2v) is 5.52. The van der Waals surface area contributed by atoms with Gasteiger partial charge in [-0.05, 0) is 58.1 Å². The van der Waals surface area contributed by atoms with Crippen LogP contribution in [-0.4, -0.2) is 48.5 Å². The third-order valence-corrected chi connectivity index (χ3v) is 3.63. The van der Waals surface area contributed by atoms with Crippen LogP contribution in [0.3, 0.4) is 0 Å². The van der Waals surface area contributed by atoms with Crippen molar-refractivity contribution in [2.75, 3.05) is 39.5 Å². The van der Waals surface area contributed by atoms with E-state index in [1.165, 1.54) is 19.4 Å². The molecule has 0 unspecified atom stereocenters. The quantitative estimate of drug-likeness (QED) is 0.876. The zero-order valence-electron chi connectivity index (χ0n) is 11.5. The van der Waals surface area contributed by atoms with Crippen molar-refractivity contribution in [1.29, 1.82) is 0 Å². The molecule has 1 aliphatic rings. The summed E-state index contributed by atoms with van der Waals surface area (Å²) in [5.41, 5.74) is 7.77. The van der Waals surface area contributed by atoms with Crippen molar-refractivity contribution in [2.24, 2.45) is 5.92 Å². The molecule has 0 aromatic carbocycles. The summed E-state index contributed by atoms with van der Waals surface area (Å²) in [6.07, 6.45) is 4.39. The number of rotatable bonds is 4. The van der Waals surface area contributed by atoms with Crippen molar-refractivity contribution >= 4 is 5.69 Å². The van der Waals surface area contributed by atoms with Crippen molar-refractivity contribution < 1.29 is 0 Å². The standard InChI is InChI=1S/C14H24N4/c1-17(2)10-12-5-8-18(9-6-12)11-14-13(15)4-3-7-16-14/h3-4,7,12H,5-6,8-11,15H2,1-2H3. The van der Waals surface area contributed by atoms with Gasteiger partial charge in [-0.25, -0.2) is 0 Å². The van der Waals surface area contributed by atoms with Crippen LogP contribution in [0.1, 0.15) is 18.5 Å². The number of nitrogen functional groups attached to an aromatic ring is 1. The maximum absolute atomic E-state index is 5.94. The van der Waals surface area contributed by atoms with E-state index in [9.17, 15) is 0 Å². The summed E-state index contributed by atoms with van der Waals surface area (Å²) < 4.78 is 0. The molecule has 0 atom stereocenters. The first-order chi connectivity index (χ1) is 8.65. The van der Waals surface area contributed by atoms with Gasteiger partial charge in [0.15, 0.2) is 0 Å². The highest BCUT2D eigenvalue weighted by molar-refractivity contribution is 5.41. The number of anilines is 1. The number of pyridine rings is 1. The maximum atomic E-state index is 5.94. The summed E-state index contributed by atoms with van der Waals surface area (Å²) in [6, 6.07) is 3.82. The van der Waals surface area contributed by atoms with Crippen molar-refractivity contribution in [2.45, 2.75) is 19.4 Å². The first kappa shape index (κ1) is 13.3. The maximum Gasteiger partial charge on any atom is 0.0772 e. The molecule has 1 saturated heterocycles. The first-order valence-electron chi connectivity index (χ1n) is 6.71. The van der Waals surface area contributed by atoms with E-state index >= 15 is 0 Å². The van der Waals surface area contributed by atoms with Gasteiger partial charge in [0.2, 0.25) is 0 Å². The molecule has 0 bridgehead atoms. The smallest absolute Gasteiger partial charge is 0.0772 e. The lowest BCUT2D eigenvalue weighted by molar-refractivity contribution is 0.156. The number of aromatic nitrogens is 1. The van der Waals surface area contributed by atoms with E-state index in [2.05, 4.69) is 28.9 Å². The van der Waals surface area contributed by atoms with Crippen LogP contribution in [0.4, 0.5) is 5.69 Å². The van der Waals surface area contributed by atoms with Gasteiger partial charge in [-0.2, -0.15) is 0 Å². The highest BCUT2D eigenvalue weighted by atomic mass is 15.1. The molecule has 0 aliphatic carbocycles. The van der Waals surface area contributed by atoms with Crippen molar-refractivity contribution in [3.63, 3.8) is 0 Å². The summed E-state index contributed by atoms with van der Waals surface area (Å²) >= 11 is 0. The van der Waals surface area contributed by atoms with Crippen molar-refractivity contribution in [3.05, 3.63) is 24.0 Å². The van der Waals surface area contributed by atoms with E-state index in [4.69, 9.17) is 5.73 Å². The lowest BCUT2D eigenvalue weighted by Gasteiger charge is -2.33. The third-order valence-electron chi connectivity index (χ3n) is 3.63. The number of nitrogens with two attached hydrogens (primary N) is 1. The molecule has 2 heterocycles. The normalized spacial score (nSPS) is 18.4. The van der Waals surface area contributed by atoms with Crippen LogP contribution in [0.2, 0.25) is 0 Å². The van der Waals surface area contributed by atoms with Gasteiger partial charge in [-0.1, -0.05) is 0 Å². The topological polar surface area (TPSA) is 45.4 Å². The van der Waals surface area contributed by atoms with Crippen LogP contribution in [0, 0.1) is 5.92 Å². The molecule has 2 rings (SSSR count). The van der Waals surface area contributed by atoms with Crippen LogP contribution < -0.4 is 5.73 Å². The minimum atomic E-state index is 0.813. The Morgan fingerprint density at radius 3 is 2.72 bits per heavy atom. The monoisotopic (exact) mass is 248 g/mol. The zero-order valence-corrected chi connectivity index (χ0v) is 11.5. The fourth-order valence-electron chi connectivity index (χ4n) is 2.64. The second kappa shape index (κ2) is 6.16. The second-order valence-electron chi connectivity index (χ2n) is 5.52. The molecule has 0 spiro atoms. The minimum absolute atomic E-state index is 0.813. The van der Waals surface area contributed by atoms with Crippen molar-refractivity contribution in [3.8, 4) is 0 Å². The number of hydrogen-bond acceptors (Lipinski definition) is 4. The van der Waals surface area contributed by atoms with Gasteiger partial charge in [0, 0.05) is 19.3 Å². The molecule has 0 amide bonds. The predicted molar refractivity (Wildman–Crippen MR) is 75.2 cm³/mol. The van der Waals surface area contributed by atoms with Crippen LogP contribution in [0.5, 0.6) is 0 Å². The van der Waals surface area contributed by atoms with E-state index in [0.717, 1.165) is 36.9 Å². The average molecular weight is 248 g/mol. The van der Waals surface area contributed by atoms with Gasteiger partial charge >= 0.3 is 0 Å². The Kier molecular flexibility index (Phi) is 4.55. The SMILES string of the molecule is CN(C)CC1CCN(Cc2ncccc2N)CC1. The van der Waals surface area contributed by atoms with Gasteiger partial charge in [-0.15, -0.1) is 0 Å². The van der Waals surface area contributed by atoms with Crippen LogP contribution >= 0.6 is 0 Å². The fraction of sp³-hybridized carbons (Fsp3) is 0.643. The van der Waals surface area contributed by atoms with Gasteiger partial charge < -0.3 is 10.6 Å². The Morgan fingerprint density at radius 1 is 1.39 bits per heavy atom. The molecular weight excluding hydrogens is 224 g/mol. The van der Waals surface area contributed by atoms with E-state index in [-0.39, 0.29) is 0 Å². The lowest BCUT2D eigenvalue weighted by Crippen LogP contribution is -2.36. The molecule has 1 aromatic heterocycles.